The van der Waals surface area contributed by atoms with E-state index in [0.29, 0.717) is 35.3 Å². The van der Waals surface area contributed by atoms with E-state index >= 15 is 0 Å². The lowest BCUT2D eigenvalue weighted by Gasteiger charge is -2.33. The normalized spacial score (nSPS) is 16.0. The fourth-order valence-corrected chi connectivity index (χ4v) is 4.75. The molecule has 1 atom stereocenters. The van der Waals surface area contributed by atoms with Crippen LogP contribution in [0.3, 0.4) is 0 Å². The third-order valence-electron chi connectivity index (χ3n) is 6.47. The Bertz CT molecular complexity index is 1200. The summed E-state index contributed by atoms with van der Waals surface area (Å²) in [4.78, 5) is 28.1. The van der Waals surface area contributed by atoms with Gasteiger partial charge in [-0.15, -0.1) is 0 Å². The van der Waals surface area contributed by atoms with E-state index in [-0.39, 0.29) is 24.4 Å². The summed E-state index contributed by atoms with van der Waals surface area (Å²) in [6.45, 7) is 6.82. The molecule has 2 aromatic carbocycles. The molecular formula is C26H33ClN4O4. The number of imidazole rings is 1. The minimum atomic E-state index is -0.591. The number of hydrogen-bond acceptors (Lipinski definition) is 5. The molecule has 1 saturated heterocycles. The van der Waals surface area contributed by atoms with Gasteiger partial charge in [0.05, 0.1) is 11.0 Å². The number of β-amino-alcohol motifs (C(OH)–C–C–N with tert-alkyl or cyclic N) is 1. The third kappa shape index (κ3) is 6.07. The van der Waals surface area contributed by atoms with Gasteiger partial charge in [-0.3, -0.25) is 4.57 Å². The number of fused-ring (bicyclic) bond motifs is 1. The zero-order valence-electron chi connectivity index (χ0n) is 20.2. The number of aliphatic hydroxyl groups is 1. The standard InChI is InChI=1S/C26H33ClN4O4/c1-18(2)30-23-5-3-4-6-24(23)31(26(30)34)25(33)28-15-19-11-13-29(14-12-19)16-21(32)17-35-22-9-7-20(27)8-10-22/h3-10,18-19,21,32H,11-17H2,1-2H3,(H,28,33). The van der Waals surface area contributed by atoms with Crippen molar-refractivity contribution in [2.24, 2.45) is 5.92 Å². The Hall–Kier alpha value is -2.81. The van der Waals surface area contributed by atoms with Crippen LogP contribution in [0.25, 0.3) is 11.0 Å². The predicted octanol–water partition coefficient (Wildman–Crippen LogP) is 3.75. The number of piperidine rings is 1. The molecule has 1 aromatic heterocycles. The molecule has 9 heteroatoms. The molecule has 2 N–H and O–H groups in total. The van der Waals surface area contributed by atoms with Gasteiger partial charge in [-0.2, -0.15) is 0 Å². The second-order valence-electron chi connectivity index (χ2n) is 9.42. The Morgan fingerprint density at radius 1 is 1.11 bits per heavy atom. The van der Waals surface area contributed by atoms with Crippen molar-refractivity contribution < 1.29 is 14.6 Å². The summed E-state index contributed by atoms with van der Waals surface area (Å²) in [5, 5.41) is 14.0. The van der Waals surface area contributed by atoms with E-state index in [4.69, 9.17) is 16.3 Å². The van der Waals surface area contributed by atoms with Crippen molar-refractivity contribution in [3.8, 4) is 5.75 Å². The number of para-hydroxylation sites is 2. The van der Waals surface area contributed by atoms with Gasteiger partial charge in [0.25, 0.3) is 0 Å². The maximum atomic E-state index is 12.9. The van der Waals surface area contributed by atoms with E-state index in [1.54, 1.807) is 34.9 Å². The summed E-state index contributed by atoms with van der Waals surface area (Å²) in [6.07, 6.45) is 1.23. The van der Waals surface area contributed by atoms with E-state index in [0.717, 1.165) is 31.4 Å². The van der Waals surface area contributed by atoms with Crippen LogP contribution in [0.5, 0.6) is 5.75 Å². The smallest absolute Gasteiger partial charge is 0.337 e. The average Bonchev–Trinajstić information content (AvgIpc) is 3.15. The lowest BCUT2D eigenvalue weighted by molar-refractivity contribution is 0.0552. The summed E-state index contributed by atoms with van der Waals surface area (Å²) in [5.41, 5.74) is 1.06. The van der Waals surface area contributed by atoms with Crippen LogP contribution in [0.15, 0.2) is 53.3 Å². The van der Waals surface area contributed by atoms with Crippen LogP contribution in [-0.4, -0.2) is 64.1 Å². The molecule has 1 aliphatic heterocycles. The number of carbonyl (C=O) groups excluding carboxylic acids is 1. The van der Waals surface area contributed by atoms with Crippen LogP contribution in [0, 0.1) is 5.92 Å². The van der Waals surface area contributed by atoms with Gasteiger partial charge >= 0.3 is 11.7 Å². The number of carbonyl (C=O) groups is 1. The minimum absolute atomic E-state index is 0.0438. The molecule has 1 unspecified atom stereocenters. The summed E-state index contributed by atoms with van der Waals surface area (Å²) >= 11 is 5.88. The van der Waals surface area contributed by atoms with Gasteiger partial charge in [-0.1, -0.05) is 23.7 Å². The highest BCUT2D eigenvalue weighted by Crippen LogP contribution is 2.19. The number of rotatable bonds is 8. The van der Waals surface area contributed by atoms with Crippen LogP contribution in [-0.2, 0) is 0 Å². The first-order chi connectivity index (χ1) is 16.8. The molecule has 0 bridgehead atoms. The first-order valence-electron chi connectivity index (χ1n) is 12.1. The molecule has 4 rings (SSSR count). The molecule has 1 amide bonds. The van der Waals surface area contributed by atoms with Crippen LogP contribution in [0.1, 0.15) is 32.7 Å². The second kappa shape index (κ2) is 11.3. The number of hydrogen-bond donors (Lipinski definition) is 2. The van der Waals surface area contributed by atoms with Gasteiger partial charge in [-0.05, 0) is 82.1 Å². The van der Waals surface area contributed by atoms with Gasteiger partial charge in [0.15, 0.2) is 0 Å². The number of halogens is 1. The van der Waals surface area contributed by atoms with Crippen molar-refractivity contribution in [3.05, 3.63) is 64.0 Å². The van der Waals surface area contributed by atoms with Gasteiger partial charge < -0.3 is 20.1 Å². The average molecular weight is 501 g/mol. The Balaban J connectivity index is 1.25. The molecule has 1 aliphatic rings. The van der Waals surface area contributed by atoms with E-state index in [2.05, 4.69) is 10.2 Å². The molecule has 2 heterocycles. The van der Waals surface area contributed by atoms with Gasteiger partial charge in [0, 0.05) is 24.2 Å². The lowest BCUT2D eigenvalue weighted by Crippen LogP contribution is -2.44. The summed E-state index contributed by atoms with van der Waals surface area (Å²) in [5.74, 6) is 1.00. The van der Waals surface area contributed by atoms with E-state index < -0.39 is 6.10 Å². The Labute approximate surface area is 210 Å². The molecule has 35 heavy (non-hydrogen) atoms. The molecule has 3 aromatic rings. The van der Waals surface area contributed by atoms with Crippen molar-refractivity contribution in [2.45, 2.75) is 38.8 Å². The number of ether oxygens (including phenoxy) is 1. The van der Waals surface area contributed by atoms with Gasteiger partial charge in [0.1, 0.15) is 18.5 Å². The van der Waals surface area contributed by atoms with Crippen LogP contribution in [0.4, 0.5) is 4.79 Å². The Morgan fingerprint density at radius 2 is 1.77 bits per heavy atom. The van der Waals surface area contributed by atoms with Gasteiger partial charge in [-0.25, -0.2) is 14.2 Å². The molecule has 0 spiro atoms. The van der Waals surface area contributed by atoms with Crippen molar-refractivity contribution >= 4 is 28.7 Å². The summed E-state index contributed by atoms with van der Waals surface area (Å²) in [6, 6.07) is 14.0. The number of nitrogens with one attached hydrogen (secondary N) is 1. The first kappa shape index (κ1) is 25.3. The van der Waals surface area contributed by atoms with E-state index in [1.807, 2.05) is 32.0 Å². The van der Waals surface area contributed by atoms with Crippen molar-refractivity contribution in [1.82, 2.24) is 19.4 Å². The summed E-state index contributed by atoms with van der Waals surface area (Å²) in [7, 11) is 0. The zero-order chi connectivity index (χ0) is 24.9. The maximum absolute atomic E-state index is 12.9. The fraction of sp³-hybridized carbons (Fsp3) is 0.462. The van der Waals surface area contributed by atoms with Crippen LogP contribution < -0.4 is 15.7 Å². The topological polar surface area (TPSA) is 88.7 Å². The number of amides is 1. The predicted molar refractivity (Wildman–Crippen MR) is 137 cm³/mol. The molecular weight excluding hydrogens is 468 g/mol. The molecule has 0 saturated carbocycles. The monoisotopic (exact) mass is 500 g/mol. The quantitative estimate of drug-likeness (QED) is 0.492. The molecule has 188 valence electrons. The highest BCUT2D eigenvalue weighted by atomic mass is 35.5. The van der Waals surface area contributed by atoms with E-state index in [9.17, 15) is 14.7 Å². The highest BCUT2D eigenvalue weighted by Gasteiger charge is 2.24. The largest absolute Gasteiger partial charge is 0.491 e. The second-order valence-corrected chi connectivity index (χ2v) is 9.86. The number of aliphatic hydroxyl groups excluding tert-OH is 1. The Kier molecular flexibility index (Phi) is 8.15. The molecule has 1 fully saturated rings. The number of aromatic nitrogens is 2. The van der Waals surface area contributed by atoms with Crippen molar-refractivity contribution in [3.63, 3.8) is 0 Å². The zero-order valence-corrected chi connectivity index (χ0v) is 20.9. The van der Waals surface area contributed by atoms with Crippen molar-refractivity contribution in [2.75, 3.05) is 32.8 Å². The number of benzene rings is 2. The number of nitrogens with zero attached hydrogens (tertiary/aromatic N) is 3. The molecule has 0 aliphatic carbocycles. The van der Waals surface area contributed by atoms with Gasteiger partial charge in [0.2, 0.25) is 0 Å². The summed E-state index contributed by atoms with van der Waals surface area (Å²) < 4.78 is 8.52. The lowest BCUT2D eigenvalue weighted by atomic mass is 9.96. The van der Waals surface area contributed by atoms with Crippen LogP contribution in [0.2, 0.25) is 5.02 Å². The fourth-order valence-electron chi connectivity index (χ4n) is 4.62. The van der Waals surface area contributed by atoms with E-state index in [1.165, 1.54) is 4.57 Å². The minimum Gasteiger partial charge on any atom is -0.491 e. The maximum Gasteiger partial charge on any atom is 0.337 e. The van der Waals surface area contributed by atoms with Crippen molar-refractivity contribution in [1.29, 1.82) is 0 Å². The Morgan fingerprint density at radius 3 is 2.43 bits per heavy atom. The highest BCUT2D eigenvalue weighted by molar-refractivity contribution is 6.30. The third-order valence-corrected chi connectivity index (χ3v) is 6.73. The first-order valence-corrected chi connectivity index (χ1v) is 12.5. The number of likely N-dealkylation sites (tertiary alicyclic amines) is 1. The molecule has 0 radical (unpaired) electrons. The SMILES string of the molecule is CC(C)n1c(=O)n(C(=O)NCC2CCN(CC(O)COc3ccc(Cl)cc3)CC2)c2ccccc21. The van der Waals surface area contributed by atoms with Crippen LogP contribution >= 0.6 is 11.6 Å². The molecule has 8 nitrogen and oxygen atoms in total.